The maximum atomic E-state index is 12.3. The lowest BCUT2D eigenvalue weighted by Gasteiger charge is -2.07. The third kappa shape index (κ3) is 4.08. The summed E-state index contributed by atoms with van der Waals surface area (Å²) in [7, 11) is 1.57. The Morgan fingerprint density at radius 2 is 1.60 bits per heavy atom. The van der Waals surface area contributed by atoms with Crippen LogP contribution in [-0.2, 0) is 6.54 Å². The minimum Gasteiger partial charge on any atom is -0.355 e. The van der Waals surface area contributed by atoms with Gasteiger partial charge in [0.25, 0.3) is 11.8 Å². The number of carbonyl (C=O) groups is 2. The predicted octanol–water partition coefficient (Wildman–Crippen LogP) is 1.94. The van der Waals surface area contributed by atoms with E-state index >= 15 is 0 Å². The lowest BCUT2D eigenvalue weighted by atomic mass is 10.1. The van der Waals surface area contributed by atoms with Gasteiger partial charge in [-0.25, -0.2) is 9.67 Å². The van der Waals surface area contributed by atoms with Crippen LogP contribution in [0.5, 0.6) is 0 Å². The molecule has 0 atom stereocenters. The molecule has 0 bridgehead atoms. The molecule has 2 aromatic carbocycles. The first-order chi connectivity index (χ1) is 12.2. The van der Waals surface area contributed by atoms with E-state index < -0.39 is 0 Å². The van der Waals surface area contributed by atoms with Crippen LogP contribution in [0.15, 0.2) is 61.2 Å². The van der Waals surface area contributed by atoms with Crippen LogP contribution in [0.1, 0.15) is 26.3 Å². The largest absolute Gasteiger partial charge is 0.355 e. The molecule has 0 saturated heterocycles. The highest BCUT2D eigenvalue weighted by Crippen LogP contribution is 2.12. The van der Waals surface area contributed by atoms with Gasteiger partial charge >= 0.3 is 0 Å². The number of amides is 2. The Bertz CT molecular complexity index is 855. The van der Waals surface area contributed by atoms with Crippen LogP contribution in [-0.4, -0.2) is 33.6 Å². The number of nitrogens with one attached hydrogen (secondary N) is 2. The average molecular weight is 335 g/mol. The van der Waals surface area contributed by atoms with E-state index in [9.17, 15) is 9.59 Å². The summed E-state index contributed by atoms with van der Waals surface area (Å²) in [5, 5.41) is 9.41. The third-order valence-corrected chi connectivity index (χ3v) is 3.66. The summed E-state index contributed by atoms with van der Waals surface area (Å²) in [4.78, 5) is 27.7. The van der Waals surface area contributed by atoms with E-state index in [1.807, 2.05) is 12.1 Å². The van der Waals surface area contributed by atoms with Gasteiger partial charge in [-0.15, -0.1) is 0 Å². The molecule has 0 saturated carbocycles. The molecule has 2 amide bonds. The Morgan fingerprint density at radius 1 is 0.960 bits per heavy atom. The normalized spacial score (nSPS) is 10.3. The van der Waals surface area contributed by atoms with Crippen LogP contribution in [0.25, 0.3) is 0 Å². The van der Waals surface area contributed by atoms with Crippen LogP contribution in [0.2, 0.25) is 0 Å². The topological polar surface area (TPSA) is 88.9 Å². The standard InChI is InChI=1S/C18H17N5O2/c1-19-17(24)14-6-8-16(9-7-14)22-18(25)15-4-2-13(3-5-15)10-23-12-20-11-21-23/h2-9,11-12H,10H2,1H3,(H,19,24)(H,22,25). The van der Waals surface area contributed by atoms with Crippen LogP contribution < -0.4 is 10.6 Å². The summed E-state index contributed by atoms with van der Waals surface area (Å²) in [5.74, 6) is -0.374. The Kier molecular flexibility index (Phi) is 4.84. The van der Waals surface area contributed by atoms with Crippen molar-refractivity contribution in [2.24, 2.45) is 0 Å². The molecule has 0 spiro atoms. The molecule has 0 radical (unpaired) electrons. The SMILES string of the molecule is CNC(=O)c1ccc(NC(=O)c2ccc(Cn3cncn3)cc2)cc1. The summed E-state index contributed by atoms with van der Waals surface area (Å²) in [6.45, 7) is 0.600. The van der Waals surface area contributed by atoms with Gasteiger partial charge in [-0.1, -0.05) is 12.1 Å². The van der Waals surface area contributed by atoms with Gasteiger partial charge in [0.15, 0.2) is 0 Å². The molecule has 0 aliphatic heterocycles. The van der Waals surface area contributed by atoms with Gasteiger partial charge < -0.3 is 10.6 Å². The van der Waals surface area contributed by atoms with E-state index in [1.54, 1.807) is 54.5 Å². The number of hydrogen-bond donors (Lipinski definition) is 2. The van der Waals surface area contributed by atoms with Crippen LogP contribution in [0.4, 0.5) is 5.69 Å². The highest BCUT2D eigenvalue weighted by atomic mass is 16.2. The van der Waals surface area contributed by atoms with Crippen molar-refractivity contribution in [3.63, 3.8) is 0 Å². The first-order valence-electron chi connectivity index (χ1n) is 7.70. The zero-order chi connectivity index (χ0) is 17.6. The Hall–Kier alpha value is -3.48. The van der Waals surface area contributed by atoms with E-state index in [4.69, 9.17) is 0 Å². The molecule has 0 fully saturated rings. The highest BCUT2D eigenvalue weighted by molar-refractivity contribution is 6.04. The van der Waals surface area contributed by atoms with E-state index in [2.05, 4.69) is 20.7 Å². The van der Waals surface area contributed by atoms with Gasteiger partial charge in [0.2, 0.25) is 0 Å². The zero-order valence-electron chi connectivity index (χ0n) is 13.6. The predicted molar refractivity (Wildman–Crippen MR) is 93.4 cm³/mol. The maximum absolute atomic E-state index is 12.3. The van der Waals surface area contributed by atoms with Gasteiger partial charge in [-0.3, -0.25) is 9.59 Å². The molecule has 0 unspecified atom stereocenters. The second-order valence-corrected chi connectivity index (χ2v) is 5.40. The average Bonchev–Trinajstić information content (AvgIpc) is 3.15. The molecule has 1 aromatic heterocycles. The fourth-order valence-electron chi connectivity index (χ4n) is 2.32. The van der Waals surface area contributed by atoms with Crippen molar-refractivity contribution in [1.82, 2.24) is 20.1 Å². The van der Waals surface area contributed by atoms with E-state index in [0.29, 0.717) is 23.4 Å². The smallest absolute Gasteiger partial charge is 0.255 e. The summed E-state index contributed by atoms with van der Waals surface area (Å²) >= 11 is 0. The van der Waals surface area contributed by atoms with E-state index in [0.717, 1.165) is 5.56 Å². The van der Waals surface area contributed by atoms with Gasteiger partial charge in [0, 0.05) is 23.9 Å². The zero-order valence-corrected chi connectivity index (χ0v) is 13.6. The second-order valence-electron chi connectivity index (χ2n) is 5.40. The fraction of sp³-hybridized carbons (Fsp3) is 0.111. The minimum absolute atomic E-state index is 0.166. The van der Waals surface area contributed by atoms with Gasteiger partial charge in [-0.2, -0.15) is 5.10 Å². The molecular formula is C18H17N5O2. The fourth-order valence-corrected chi connectivity index (χ4v) is 2.32. The molecule has 7 nitrogen and oxygen atoms in total. The monoisotopic (exact) mass is 335 g/mol. The van der Waals surface area contributed by atoms with Crippen molar-refractivity contribution in [3.05, 3.63) is 77.9 Å². The van der Waals surface area contributed by atoms with Crippen molar-refractivity contribution >= 4 is 17.5 Å². The number of rotatable bonds is 5. The first kappa shape index (κ1) is 16.4. The molecule has 7 heteroatoms. The Labute approximate surface area is 144 Å². The number of anilines is 1. The second kappa shape index (κ2) is 7.39. The Balaban J connectivity index is 1.63. The molecule has 126 valence electrons. The molecule has 25 heavy (non-hydrogen) atoms. The van der Waals surface area contributed by atoms with E-state index in [1.165, 1.54) is 6.33 Å². The first-order valence-corrected chi connectivity index (χ1v) is 7.70. The summed E-state index contributed by atoms with van der Waals surface area (Å²) in [5.41, 5.74) is 2.75. The summed E-state index contributed by atoms with van der Waals surface area (Å²) in [6, 6.07) is 14.0. The molecular weight excluding hydrogens is 318 g/mol. The van der Waals surface area contributed by atoms with Crippen molar-refractivity contribution in [3.8, 4) is 0 Å². The minimum atomic E-state index is -0.208. The quantitative estimate of drug-likeness (QED) is 0.746. The van der Waals surface area contributed by atoms with E-state index in [-0.39, 0.29) is 11.8 Å². The summed E-state index contributed by atoms with van der Waals surface area (Å²) < 4.78 is 1.71. The molecule has 3 rings (SSSR count). The lowest BCUT2D eigenvalue weighted by molar-refractivity contribution is 0.0962. The molecule has 2 N–H and O–H groups in total. The van der Waals surface area contributed by atoms with Crippen molar-refractivity contribution in [1.29, 1.82) is 0 Å². The highest BCUT2D eigenvalue weighted by Gasteiger charge is 2.08. The number of hydrogen-bond acceptors (Lipinski definition) is 4. The lowest BCUT2D eigenvalue weighted by Crippen LogP contribution is -2.17. The van der Waals surface area contributed by atoms with Crippen molar-refractivity contribution < 1.29 is 9.59 Å². The summed E-state index contributed by atoms with van der Waals surface area (Å²) in [6.07, 6.45) is 3.13. The third-order valence-electron chi connectivity index (χ3n) is 3.66. The number of benzene rings is 2. The molecule has 0 aliphatic carbocycles. The maximum Gasteiger partial charge on any atom is 0.255 e. The van der Waals surface area contributed by atoms with Crippen molar-refractivity contribution in [2.45, 2.75) is 6.54 Å². The molecule has 0 aliphatic rings. The number of aromatic nitrogens is 3. The van der Waals surface area contributed by atoms with Crippen LogP contribution >= 0.6 is 0 Å². The number of nitrogens with zero attached hydrogens (tertiary/aromatic N) is 3. The van der Waals surface area contributed by atoms with Gasteiger partial charge in [0.1, 0.15) is 12.7 Å². The molecule has 1 heterocycles. The van der Waals surface area contributed by atoms with Crippen LogP contribution in [0.3, 0.4) is 0 Å². The van der Waals surface area contributed by atoms with Crippen molar-refractivity contribution in [2.75, 3.05) is 12.4 Å². The van der Waals surface area contributed by atoms with Gasteiger partial charge in [0.05, 0.1) is 6.54 Å². The van der Waals surface area contributed by atoms with Crippen LogP contribution in [0, 0.1) is 0 Å². The molecule has 3 aromatic rings. The van der Waals surface area contributed by atoms with Gasteiger partial charge in [-0.05, 0) is 42.0 Å². The number of carbonyl (C=O) groups excluding carboxylic acids is 2. The Morgan fingerprint density at radius 3 is 2.20 bits per heavy atom.